The molecule has 0 amide bonds. The van der Waals surface area contributed by atoms with E-state index in [1.165, 1.54) is 24.5 Å². The van der Waals surface area contributed by atoms with Gasteiger partial charge in [-0.3, -0.25) is 4.68 Å². The number of rotatable bonds is 5. The molecule has 2 atom stereocenters. The van der Waals surface area contributed by atoms with Gasteiger partial charge in [0.05, 0.1) is 20.0 Å². The minimum Gasteiger partial charge on any atom is -0.482 e. The molecule has 2 aromatic heterocycles. The number of nitrogen functional groups attached to an aromatic ring is 1. The Balaban J connectivity index is 1.72. The van der Waals surface area contributed by atoms with Crippen LogP contribution in [-0.2, 0) is 0 Å². The van der Waals surface area contributed by atoms with Gasteiger partial charge in [0.15, 0.2) is 11.6 Å². The van der Waals surface area contributed by atoms with E-state index in [0.29, 0.717) is 0 Å². The van der Waals surface area contributed by atoms with Crippen molar-refractivity contribution in [3.05, 3.63) is 58.2 Å². The fraction of sp³-hybridized carbons (Fsp3) is 0.333. The van der Waals surface area contributed by atoms with Gasteiger partial charge in [0, 0.05) is 42.3 Å². The third-order valence-corrected chi connectivity index (χ3v) is 5.11. The van der Waals surface area contributed by atoms with Crippen LogP contribution in [0.25, 0.3) is 11.1 Å². The molecule has 9 heteroatoms. The Morgan fingerprint density at radius 2 is 2.27 bits per heavy atom. The first-order valence-electron chi connectivity index (χ1n) is 12.8. The summed E-state index contributed by atoms with van der Waals surface area (Å²) < 4.78 is 86.3. The highest BCUT2D eigenvalue weighted by molar-refractivity contribution is 6.36. The number of benzene rings is 1. The summed E-state index contributed by atoms with van der Waals surface area (Å²) in [5.41, 5.74) is 6.43. The topological polar surface area (TPSA) is 78.0 Å². The molecule has 0 saturated carbocycles. The summed E-state index contributed by atoms with van der Waals surface area (Å²) >= 11 is 12.3. The lowest BCUT2D eigenvalue weighted by Gasteiger charge is -2.22. The highest BCUT2D eigenvalue weighted by atomic mass is 35.5. The van der Waals surface area contributed by atoms with Crippen molar-refractivity contribution in [3.8, 4) is 16.9 Å². The molecule has 1 fully saturated rings. The summed E-state index contributed by atoms with van der Waals surface area (Å²) in [6.07, 6.45) is -2.46. The van der Waals surface area contributed by atoms with Gasteiger partial charge in [-0.15, -0.1) is 0 Å². The maximum Gasteiger partial charge on any atom is 0.166 e. The highest BCUT2D eigenvalue weighted by Crippen LogP contribution is 2.37. The predicted molar refractivity (Wildman–Crippen MR) is 116 cm³/mol. The molecule has 3 N–H and O–H groups in total. The van der Waals surface area contributed by atoms with Crippen LogP contribution in [0.3, 0.4) is 0 Å². The van der Waals surface area contributed by atoms with Crippen molar-refractivity contribution < 1.29 is 20.1 Å². The second-order valence-electron chi connectivity index (χ2n) is 6.40. The lowest BCUT2D eigenvalue weighted by Crippen LogP contribution is -2.29. The molecule has 1 saturated heterocycles. The van der Waals surface area contributed by atoms with Crippen molar-refractivity contribution in [2.24, 2.45) is 0 Å². The van der Waals surface area contributed by atoms with Crippen LogP contribution >= 0.6 is 23.2 Å². The average molecular weight is 458 g/mol. The number of piperidine rings is 1. The van der Waals surface area contributed by atoms with Gasteiger partial charge < -0.3 is 15.8 Å². The molecule has 1 aliphatic rings. The Morgan fingerprint density at radius 3 is 3.10 bits per heavy atom. The van der Waals surface area contributed by atoms with Crippen LogP contribution in [0.4, 0.5) is 10.2 Å². The van der Waals surface area contributed by atoms with Crippen LogP contribution in [0.15, 0.2) is 36.8 Å². The lowest BCUT2D eigenvalue weighted by molar-refractivity contribution is 0.227. The number of hydrogen-bond donors (Lipinski definition) is 2. The van der Waals surface area contributed by atoms with Gasteiger partial charge in [0.1, 0.15) is 11.9 Å². The van der Waals surface area contributed by atoms with E-state index in [-0.39, 0.29) is 44.5 Å². The lowest BCUT2D eigenvalue weighted by atomic mass is 10.1. The molecule has 158 valence electrons. The third kappa shape index (κ3) is 4.24. The van der Waals surface area contributed by atoms with Crippen LogP contribution in [-0.4, -0.2) is 27.8 Å². The zero-order chi connectivity index (χ0) is 28.4. The van der Waals surface area contributed by atoms with Gasteiger partial charge in [-0.05, 0) is 50.9 Å². The largest absolute Gasteiger partial charge is 0.482 e. The smallest absolute Gasteiger partial charge is 0.166 e. The number of nitrogens with two attached hydrogens (primary N) is 1. The van der Waals surface area contributed by atoms with Crippen LogP contribution < -0.4 is 15.8 Å². The number of nitrogens with zero attached hydrogens (tertiary/aromatic N) is 3. The van der Waals surface area contributed by atoms with Gasteiger partial charge in [0.2, 0.25) is 0 Å². The Kier molecular flexibility index (Phi) is 3.85. The second kappa shape index (κ2) is 8.79. The first-order valence-corrected chi connectivity index (χ1v) is 9.58. The fourth-order valence-corrected chi connectivity index (χ4v) is 3.57. The number of aromatic nitrogens is 3. The van der Waals surface area contributed by atoms with E-state index in [4.69, 9.17) is 44.6 Å². The molecule has 1 aromatic carbocycles. The van der Waals surface area contributed by atoms with Gasteiger partial charge in [-0.2, -0.15) is 5.10 Å². The second-order valence-corrected chi connectivity index (χ2v) is 7.18. The summed E-state index contributed by atoms with van der Waals surface area (Å²) in [7, 11) is 0. The summed E-state index contributed by atoms with van der Waals surface area (Å²) in [5, 5.41) is 5.92. The van der Waals surface area contributed by atoms with Crippen molar-refractivity contribution in [2.75, 3.05) is 18.7 Å². The predicted octanol–water partition coefficient (Wildman–Crippen LogP) is 5.04. The molecular formula is C21H22Cl2FN5O. The molecule has 1 aliphatic heterocycles. The number of nitrogens with one attached hydrogen (secondary N) is 1. The monoisotopic (exact) mass is 457 g/mol. The van der Waals surface area contributed by atoms with Crippen LogP contribution in [0, 0.1) is 5.82 Å². The van der Waals surface area contributed by atoms with Crippen molar-refractivity contribution in [1.29, 1.82) is 0 Å². The number of anilines is 1. The average Bonchev–Trinajstić information content (AvgIpc) is 3.27. The van der Waals surface area contributed by atoms with Gasteiger partial charge in [0.25, 0.3) is 0 Å². The molecule has 30 heavy (non-hydrogen) atoms. The van der Waals surface area contributed by atoms with Gasteiger partial charge >= 0.3 is 0 Å². The van der Waals surface area contributed by atoms with Crippen molar-refractivity contribution in [2.45, 2.75) is 31.8 Å². The maximum atomic E-state index is 14.0. The van der Waals surface area contributed by atoms with E-state index in [0.717, 1.165) is 10.7 Å². The van der Waals surface area contributed by atoms with E-state index in [2.05, 4.69) is 10.1 Å². The summed E-state index contributed by atoms with van der Waals surface area (Å²) in [5.74, 6) is -0.856. The van der Waals surface area contributed by atoms with E-state index in [9.17, 15) is 4.39 Å². The number of pyridine rings is 1. The zero-order valence-corrected chi connectivity index (χ0v) is 17.1. The SMILES string of the molecule is [2H]c1nc(N)c(O[C@H](C)c2c(Cl)ccc(F)c2Cl)cc1-c1cnn(C2([2H])CC([2H])([2H])NC([2H])([2H])C2([2H])[2H])c1. The molecule has 0 spiro atoms. The Bertz CT molecular complexity index is 1410. The Hall–Kier alpha value is -2.35. The third-order valence-electron chi connectivity index (χ3n) is 4.40. The molecule has 0 radical (unpaired) electrons. The highest BCUT2D eigenvalue weighted by Gasteiger charge is 2.21. The molecular weight excluding hydrogens is 428 g/mol. The fourth-order valence-electron chi connectivity index (χ4n) is 2.89. The van der Waals surface area contributed by atoms with E-state index in [1.54, 1.807) is 6.92 Å². The number of halogens is 3. The molecule has 6 nitrogen and oxygen atoms in total. The van der Waals surface area contributed by atoms with Crippen molar-refractivity contribution in [1.82, 2.24) is 20.1 Å². The molecule has 0 bridgehead atoms. The van der Waals surface area contributed by atoms with E-state index < -0.39 is 43.7 Å². The standard InChI is InChI=1S/C21H22Cl2FN5O/c1-12(19-16(22)2-3-17(24)20(19)23)30-18-8-13(9-27-21(18)25)14-10-28-29(11-14)15-4-6-26-7-5-15/h2-3,8-12,15,26H,4-7H2,1H3,(H2,25,27)/t12-/m1/s1/i4D2,6D2,7D2,9D,15D/t12-,15?. The first-order chi connectivity index (χ1) is 17.4. The minimum atomic E-state index is -2.91. The summed E-state index contributed by atoms with van der Waals surface area (Å²) in [6.45, 7) is -3.76. The first kappa shape index (κ1) is 13.1. The molecule has 1 unspecified atom stereocenters. The number of hydrogen-bond acceptors (Lipinski definition) is 5. The molecule has 3 heterocycles. The number of ether oxygens (including phenoxy) is 1. The van der Waals surface area contributed by atoms with Gasteiger partial charge in [-0.25, -0.2) is 9.37 Å². The minimum absolute atomic E-state index is 0.00176. The van der Waals surface area contributed by atoms with Crippen molar-refractivity contribution >= 4 is 29.0 Å². The van der Waals surface area contributed by atoms with Crippen LogP contribution in [0.5, 0.6) is 5.75 Å². The summed E-state index contributed by atoms with van der Waals surface area (Å²) in [4.78, 5) is 3.96. The van der Waals surface area contributed by atoms with Crippen molar-refractivity contribution in [3.63, 3.8) is 0 Å². The van der Waals surface area contributed by atoms with Gasteiger partial charge in [-0.1, -0.05) is 23.2 Å². The Morgan fingerprint density at radius 1 is 1.43 bits per heavy atom. The molecule has 4 rings (SSSR count). The molecule has 0 aliphatic carbocycles. The quantitative estimate of drug-likeness (QED) is 0.524. The molecule has 3 aromatic rings. The normalized spacial score (nSPS) is 29.1. The van der Waals surface area contributed by atoms with Crippen LogP contribution in [0.2, 0.25) is 10.0 Å². The zero-order valence-electron chi connectivity index (χ0n) is 23.6. The van der Waals surface area contributed by atoms with E-state index >= 15 is 0 Å². The Labute approximate surface area is 195 Å². The summed E-state index contributed by atoms with van der Waals surface area (Å²) in [6, 6.07) is 1.30. The maximum absolute atomic E-state index is 14.0. The van der Waals surface area contributed by atoms with Crippen LogP contribution in [0.1, 0.15) is 48.4 Å². The van der Waals surface area contributed by atoms with E-state index in [1.807, 2.05) is 5.32 Å².